The molecule has 0 atom stereocenters. The number of aromatic nitrogens is 1. The molecule has 1 aromatic rings. The van der Waals surface area contributed by atoms with Crippen molar-refractivity contribution in [3.63, 3.8) is 0 Å². The first-order valence-corrected chi connectivity index (χ1v) is 6.98. The summed E-state index contributed by atoms with van der Waals surface area (Å²) < 4.78 is 0. The van der Waals surface area contributed by atoms with Gasteiger partial charge in [0.2, 0.25) is 11.8 Å². The Morgan fingerprint density at radius 3 is 2.72 bits per heavy atom. The van der Waals surface area contributed by atoms with Crippen LogP contribution in [0.15, 0.2) is 5.38 Å². The molecule has 1 aliphatic rings. The highest BCUT2D eigenvalue weighted by Gasteiger charge is 2.28. The Balaban J connectivity index is 1.58. The summed E-state index contributed by atoms with van der Waals surface area (Å²) in [6.07, 6.45) is 2.31. The largest absolute Gasteiger partial charge is 0.354 e. The summed E-state index contributed by atoms with van der Waals surface area (Å²) >= 11 is 1.54. The quantitative estimate of drug-likeness (QED) is 0.743. The fourth-order valence-corrected chi connectivity index (χ4v) is 2.21. The maximum atomic E-state index is 11.6. The SMILES string of the molecule is Cc1nc(CC(=O)NCCNC(=O)C2CC2)cs1. The number of nitrogens with zero attached hydrogens (tertiary/aromatic N) is 1. The van der Waals surface area contributed by atoms with Crippen LogP contribution in [0.2, 0.25) is 0 Å². The van der Waals surface area contributed by atoms with Crippen LogP contribution in [-0.2, 0) is 16.0 Å². The number of carbonyl (C=O) groups excluding carboxylic acids is 2. The molecule has 5 nitrogen and oxygen atoms in total. The lowest BCUT2D eigenvalue weighted by molar-refractivity contribution is -0.123. The summed E-state index contributed by atoms with van der Waals surface area (Å²) in [6, 6.07) is 0. The van der Waals surface area contributed by atoms with Gasteiger partial charge in [0.15, 0.2) is 0 Å². The Morgan fingerprint density at radius 1 is 1.39 bits per heavy atom. The van der Waals surface area contributed by atoms with Gasteiger partial charge in [0, 0.05) is 24.4 Å². The molecule has 2 amide bonds. The van der Waals surface area contributed by atoms with Crippen LogP contribution in [0.3, 0.4) is 0 Å². The minimum Gasteiger partial charge on any atom is -0.354 e. The Hall–Kier alpha value is -1.43. The van der Waals surface area contributed by atoms with Gasteiger partial charge in [-0.15, -0.1) is 11.3 Å². The number of rotatable bonds is 6. The van der Waals surface area contributed by atoms with Crippen LogP contribution in [0.5, 0.6) is 0 Å². The first kappa shape index (κ1) is 13.0. The minimum atomic E-state index is -0.0547. The van der Waals surface area contributed by atoms with Gasteiger partial charge in [0.05, 0.1) is 17.1 Å². The maximum absolute atomic E-state index is 11.6. The van der Waals surface area contributed by atoms with E-state index < -0.39 is 0 Å². The molecule has 1 aliphatic carbocycles. The molecule has 2 rings (SSSR count). The van der Waals surface area contributed by atoms with Crippen molar-refractivity contribution in [1.29, 1.82) is 0 Å². The lowest BCUT2D eigenvalue weighted by Gasteiger charge is -2.05. The van der Waals surface area contributed by atoms with Crippen LogP contribution in [0.4, 0.5) is 0 Å². The third-order valence-corrected chi connectivity index (χ3v) is 3.53. The second kappa shape index (κ2) is 5.95. The van der Waals surface area contributed by atoms with Crippen molar-refractivity contribution < 1.29 is 9.59 Å². The average Bonchev–Trinajstić information content (AvgIpc) is 3.10. The van der Waals surface area contributed by atoms with E-state index in [4.69, 9.17) is 0 Å². The molecule has 0 spiro atoms. The van der Waals surface area contributed by atoms with Crippen LogP contribution in [0.25, 0.3) is 0 Å². The Kier molecular flexibility index (Phi) is 4.30. The highest BCUT2D eigenvalue weighted by Crippen LogP contribution is 2.28. The molecule has 0 saturated heterocycles. The maximum Gasteiger partial charge on any atom is 0.226 e. The minimum absolute atomic E-state index is 0.0547. The van der Waals surface area contributed by atoms with Crippen molar-refractivity contribution in [2.45, 2.75) is 26.2 Å². The lowest BCUT2D eigenvalue weighted by atomic mass is 10.3. The summed E-state index contributed by atoms with van der Waals surface area (Å²) in [5.41, 5.74) is 0.803. The number of thiazole rings is 1. The van der Waals surface area contributed by atoms with Crippen molar-refractivity contribution in [2.75, 3.05) is 13.1 Å². The van der Waals surface area contributed by atoms with Crippen molar-refractivity contribution in [3.8, 4) is 0 Å². The predicted octanol–water partition coefficient (Wildman–Crippen LogP) is 0.636. The normalized spacial score (nSPS) is 14.3. The highest BCUT2D eigenvalue weighted by atomic mass is 32.1. The molecule has 1 fully saturated rings. The first-order valence-electron chi connectivity index (χ1n) is 6.10. The van der Waals surface area contributed by atoms with Gasteiger partial charge >= 0.3 is 0 Å². The predicted molar refractivity (Wildman–Crippen MR) is 69.3 cm³/mol. The summed E-state index contributed by atoms with van der Waals surface area (Å²) in [6.45, 7) is 2.89. The van der Waals surface area contributed by atoms with E-state index in [-0.39, 0.29) is 17.7 Å². The molecule has 0 radical (unpaired) electrons. The highest BCUT2D eigenvalue weighted by molar-refractivity contribution is 7.09. The molecular formula is C12H17N3O2S. The van der Waals surface area contributed by atoms with Gasteiger partial charge in [0.1, 0.15) is 0 Å². The molecule has 0 unspecified atom stereocenters. The van der Waals surface area contributed by atoms with Gasteiger partial charge in [0.25, 0.3) is 0 Å². The van der Waals surface area contributed by atoms with E-state index in [0.29, 0.717) is 19.5 Å². The monoisotopic (exact) mass is 267 g/mol. The van der Waals surface area contributed by atoms with E-state index in [9.17, 15) is 9.59 Å². The van der Waals surface area contributed by atoms with Crippen LogP contribution in [-0.4, -0.2) is 29.9 Å². The van der Waals surface area contributed by atoms with E-state index in [1.165, 1.54) is 0 Å². The Morgan fingerprint density at radius 2 is 2.11 bits per heavy atom. The van der Waals surface area contributed by atoms with Gasteiger partial charge in [-0.25, -0.2) is 4.98 Å². The van der Waals surface area contributed by atoms with Crippen molar-refractivity contribution in [3.05, 3.63) is 16.1 Å². The summed E-state index contributed by atoms with van der Waals surface area (Å²) in [5, 5.41) is 8.43. The van der Waals surface area contributed by atoms with E-state index in [2.05, 4.69) is 15.6 Å². The molecule has 1 aromatic heterocycles. The zero-order chi connectivity index (χ0) is 13.0. The number of hydrogen-bond acceptors (Lipinski definition) is 4. The van der Waals surface area contributed by atoms with Gasteiger partial charge < -0.3 is 10.6 Å². The van der Waals surface area contributed by atoms with Crippen LogP contribution >= 0.6 is 11.3 Å². The molecule has 98 valence electrons. The van der Waals surface area contributed by atoms with Crippen LogP contribution < -0.4 is 10.6 Å². The van der Waals surface area contributed by atoms with Gasteiger partial charge in [-0.2, -0.15) is 0 Å². The standard InChI is InChI=1S/C12H17N3O2S/c1-8-15-10(7-18-8)6-11(16)13-4-5-14-12(17)9-2-3-9/h7,9H,2-6H2,1H3,(H,13,16)(H,14,17). The molecule has 18 heavy (non-hydrogen) atoms. The first-order chi connectivity index (χ1) is 8.65. The summed E-state index contributed by atoms with van der Waals surface area (Å²) in [5.74, 6) is 0.277. The van der Waals surface area contributed by atoms with E-state index in [0.717, 1.165) is 23.5 Å². The van der Waals surface area contributed by atoms with Gasteiger partial charge in [-0.1, -0.05) is 0 Å². The van der Waals surface area contributed by atoms with Crippen molar-refractivity contribution >= 4 is 23.2 Å². The molecule has 1 heterocycles. The third-order valence-electron chi connectivity index (χ3n) is 2.70. The second-order valence-corrected chi connectivity index (χ2v) is 5.51. The second-order valence-electron chi connectivity index (χ2n) is 4.45. The van der Waals surface area contributed by atoms with Gasteiger partial charge in [-0.3, -0.25) is 9.59 Å². The van der Waals surface area contributed by atoms with E-state index in [1.54, 1.807) is 11.3 Å². The fraction of sp³-hybridized carbons (Fsp3) is 0.583. The molecule has 1 saturated carbocycles. The Labute approximate surface area is 110 Å². The number of aryl methyl sites for hydroxylation is 1. The average molecular weight is 267 g/mol. The van der Waals surface area contributed by atoms with Gasteiger partial charge in [-0.05, 0) is 19.8 Å². The third kappa shape index (κ3) is 4.10. The van der Waals surface area contributed by atoms with Crippen LogP contribution in [0, 0.1) is 12.8 Å². The number of hydrogen-bond donors (Lipinski definition) is 2. The topological polar surface area (TPSA) is 71.1 Å². The van der Waals surface area contributed by atoms with Crippen LogP contribution in [0.1, 0.15) is 23.5 Å². The fourth-order valence-electron chi connectivity index (χ4n) is 1.59. The summed E-state index contributed by atoms with van der Waals surface area (Å²) in [4.78, 5) is 27.1. The zero-order valence-corrected chi connectivity index (χ0v) is 11.2. The molecule has 0 bridgehead atoms. The van der Waals surface area contributed by atoms with Crippen molar-refractivity contribution in [1.82, 2.24) is 15.6 Å². The summed E-state index contributed by atoms with van der Waals surface area (Å²) in [7, 11) is 0. The number of amides is 2. The number of nitrogens with one attached hydrogen (secondary N) is 2. The lowest BCUT2D eigenvalue weighted by Crippen LogP contribution is -2.35. The van der Waals surface area contributed by atoms with E-state index >= 15 is 0 Å². The number of carbonyl (C=O) groups is 2. The van der Waals surface area contributed by atoms with Crippen molar-refractivity contribution in [2.24, 2.45) is 5.92 Å². The molecule has 2 N–H and O–H groups in total. The Bertz CT molecular complexity index is 440. The zero-order valence-electron chi connectivity index (χ0n) is 10.4. The molecule has 0 aromatic carbocycles. The smallest absolute Gasteiger partial charge is 0.226 e. The molecular weight excluding hydrogens is 250 g/mol. The molecule has 6 heteroatoms. The van der Waals surface area contributed by atoms with E-state index in [1.807, 2.05) is 12.3 Å². The molecule has 0 aliphatic heterocycles.